The van der Waals surface area contributed by atoms with Gasteiger partial charge in [0.15, 0.2) is 0 Å². The molecular weight excluding hydrogens is 238 g/mol. The van der Waals surface area contributed by atoms with Gasteiger partial charge in [0.2, 0.25) is 0 Å². The molecule has 19 heavy (non-hydrogen) atoms. The van der Waals surface area contributed by atoms with Gasteiger partial charge >= 0.3 is 0 Å². The first-order valence-corrected chi connectivity index (χ1v) is 7.17. The van der Waals surface area contributed by atoms with Crippen LogP contribution in [0.5, 0.6) is 5.75 Å². The molecule has 2 unspecified atom stereocenters. The van der Waals surface area contributed by atoms with E-state index in [0.29, 0.717) is 6.04 Å². The van der Waals surface area contributed by atoms with Crippen molar-refractivity contribution in [2.45, 2.75) is 52.3 Å². The average molecular weight is 263 g/mol. The fraction of sp³-hybridized carbons (Fsp3) is 0.625. The van der Waals surface area contributed by atoms with Gasteiger partial charge < -0.3 is 15.2 Å². The maximum Gasteiger partial charge on any atom is 0.119 e. The predicted octanol–water partition coefficient (Wildman–Crippen LogP) is 2.72. The fourth-order valence-electron chi connectivity index (χ4n) is 2.46. The van der Waals surface area contributed by atoms with Crippen molar-refractivity contribution in [1.82, 2.24) is 5.32 Å². The molecule has 1 fully saturated rings. The molecule has 0 saturated heterocycles. The molecule has 1 aliphatic carbocycles. The van der Waals surface area contributed by atoms with Crippen LogP contribution < -0.4 is 10.1 Å². The maximum absolute atomic E-state index is 9.72. The molecule has 0 heterocycles. The van der Waals surface area contributed by atoms with Crippen LogP contribution in [0.2, 0.25) is 0 Å². The number of nitrogens with one attached hydrogen (secondary N) is 1. The SMILES string of the molecule is CCCOc1cccc(CNC2CC(O)C2(C)C)c1. The van der Waals surface area contributed by atoms with Gasteiger partial charge in [-0.05, 0) is 30.5 Å². The van der Waals surface area contributed by atoms with Gasteiger partial charge in [0, 0.05) is 18.0 Å². The number of rotatable bonds is 6. The van der Waals surface area contributed by atoms with Crippen LogP contribution in [0.3, 0.4) is 0 Å². The summed E-state index contributed by atoms with van der Waals surface area (Å²) in [5, 5.41) is 13.2. The third kappa shape index (κ3) is 3.28. The number of hydrogen-bond acceptors (Lipinski definition) is 3. The summed E-state index contributed by atoms with van der Waals surface area (Å²) in [7, 11) is 0. The van der Waals surface area contributed by atoms with Crippen molar-refractivity contribution >= 4 is 0 Å². The Balaban J connectivity index is 1.86. The Bertz CT molecular complexity index is 417. The Morgan fingerprint density at radius 1 is 1.42 bits per heavy atom. The second kappa shape index (κ2) is 5.93. The maximum atomic E-state index is 9.72. The standard InChI is InChI=1S/C16H25NO2/c1-4-8-19-13-7-5-6-12(9-13)11-17-14-10-15(18)16(14,2)3/h5-7,9,14-15,17-18H,4,8,10-11H2,1-3H3. The second-order valence-corrected chi connectivity index (χ2v) is 6.00. The van der Waals surface area contributed by atoms with Crippen LogP contribution in [-0.2, 0) is 6.54 Å². The van der Waals surface area contributed by atoms with Crippen molar-refractivity contribution in [3.05, 3.63) is 29.8 Å². The number of benzene rings is 1. The van der Waals surface area contributed by atoms with Crippen LogP contribution >= 0.6 is 0 Å². The van der Waals surface area contributed by atoms with Crippen molar-refractivity contribution in [3.63, 3.8) is 0 Å². The van der Waals surface area contributed by atoms with E-state index in [1.54, 1.807) is 0 Å². The fourth-order valence-corrected chi connectivity index (χ4v) is 2.46. The van der Waals surface area contributed by atoms with Crippen molar-refractivity contribution in [1.29, 1.82) is 0 Å². The topological polar surface area (TPSA) is 41.5 Å². The highest BCUT2D eigenvalue weighted by atomic mass is 16.5. The molecule has 2 rings (SSSR count). The van der Waals surface area contributed by atoms with E-state index in [0.717, 1.165) is 31.7 Å². The Morgan fingerprint density at radius 2 is 2.21 bits per heavy atom. The zero-order chi connectivity index (χ0) is 13.9. The number of hydrogen-bond donors (Lipinski definition) is 2. The lowest BCUT2D eigenvalue weighted by molar-refractivity contribution is -0.0729. The molecule has 1 aliphatic rings. The molecule has 2 atom stereocenters. The Kier molecular flexibility index (Phi) is 4.48. The Labute approximate surface area is 116 Å². The normalized spacial score (nSPS) is 24.8. The summed E-state index contributed by atoms with van der Waals surface area (Å²) in [4.78, 5) is 0. The highest BCUT2D eigenvalue weighted by Gasteiger charge is 2.46. The van der Waals surface area contributed by atoms with E-state index < -0.39 is 0 Å². The molecule has 0 spiro atoms. The van der Waals surface area contributed by atoms with E-state index in [2.05, 4.69) is 38.2 Å². The van der Waals surface area contributed by atoms with Crippen LogP contribution in [-0.4, -0.2) is 23.9 Å². The number of aliphatic hydroxyl groups excluding tert-OH is 1. The molecule has 3 nitrogen and oxygen atoms in total. The summed E-state index contributed by atoms with van der Waals surface area (Å²) in [6.07, 6.45) is 1.69. The van der Waals surface area contributed by atoms with Crippen molar-refractivity contribution in [3.8, 4) is 5.75 Å². The zero-order valence-corrected chi connectivity index (χ0v) is 12.1. The number of ether oxygens (including phenoxy) is 1. The molecule has 1 saturated carbocycles. The van der Waals surface area contributed by atoms with Crippen LogP contribution in [0.1, 0.15) is 39.2 Å². The van der Waals surface area contributed by atoms with E-state index in [1.165, 1.54) is 5.56 Å². The average Bonchev–Trinajstić information content (AvgIpc) is 2.41. The third-order valence-corrected chi connectivity index (χ3v) is 4.14. The summed E-state index contributed by atoms with van der Waals surface area (Å²) in [5.41, 5.74) is 1.21. The molecule has 0 aliphatic heterocycles. The summed E-state index contributed by atoms with van der Waals surface area (Å²) in [6, 6.07) is 8.61. The smallest absolute Gasteiger partial charge is 0.119 e. The second-order valence-electron chi connectivity index (χ2n) is 6.00. The quantitative estimate of drug-likeness (QED) is 0.829. The molecule has 0 aromatic heterocycles. The molecule has 106 valence electrons. The minimum absolute atomic E-state index is 0.0175. The molecule has 0 bridgehead atoms. The van der Waals surface area contributed by atoms with Gasteiger partial charge in [-0.2, -0.15) is 0 Å². The first-order chi connectivity index (χ1) is 9.04. The lowest BCUT2D eigenvalue weighted by Gasteiger charge is -2.49. The highest BCUT2D eigenvalue weighted by molar-refractivity contribution is 5.28. The largest absolute Gasteiger partial charge is 0.494 e. The van der Waals surface area contributed by atoms with Gasteiger partial charge in [-0.25, -0.2) is 0 Å². The van der Waals surface area contributed by atoms with Crippen molar-refractivity contribution in [2.24, 2.45) is 5.41 Å². The van der Waals surface area contributed by atoms with E-state index in [4.69, 9.17) is 4.74 Å². The molecule has 1 aromatic carbocycles. The lowest BCUT2D eigenvalue weighted by Crippen LogP contribution is -2.59. The van der Waals surface area contributed by atoms with Gasteiger partial charge in [-0.15, -0.1) is 0 Å². The molecule has 1 aromatic rings. The molecule has 0 radical (unpaired) electrons. The molecular formula is C16H25NO2. The molecule has 2 N–H and O–H groups in total. The zero-order valence-electron chi connectivity index (χ0n) is 12.1. The van der Waals surface area contributed by atoms with Gasteiger partial charge in [0.25, 0.3) is 0 Å². The third-order valence-electron chi connectivity index (χ3n) is 4.14. The summed E-state index contributed by atoms with van der Waals surface area (Å²) in [6.45, 7) is 7.91. The van der Waals surface area contributed by atoms with Crippen LogP contribution in [0.25, 0.3) is 0 Å². The lowest BCUT2D eigenvalue weighted by atomic mass is 9.64. The van der Waals surface area contributed by atoms with Gasteiger partial charge in [-0.1, -0.05) is 32.9 Å². The van der Waals surface area contributed by atoms with Gasteiger partial charge in [-0.3, -0.25) is 0 Å². The van der Waals surface area contributed by atoms with Crippen LogP contribution in [0.4, 0.5) is 0 Å². The Hall–Kier alpha value is -1.06. The number of aliphatic hydroxyl groups is 1. The van der Waals surface area contributed by atoms with Gasteiger partial charge in [0.1, 0.15) is 5.75 Å². The van der Waals surface area contributed by atoms with E-state index in [-0.39, 0.29) is 11.5 Å². The predicted molar refractivity (Wildman–Crippen MR) is 77.3 cm³/mol. The summed E-state index contributed by atoms with van der Waals surface area (Å²) < 4.78 is 5.63. The van der Waals surface area contributed by atoms with Crippen LogP contribution in [0.15, 0.2) is 24.3 Å². The molecule has 0 amide bonds. The monoisotopic (exact) mass is 263 g/mol. The summed E-state index contributed by atoms with van der Waals surface area (Å²) >= 11 is 0. The van der Waals surface area contributed by atoms with Crippen molar-refractivity contribution < 1.29 is 9.84 Å². The minimum atomic E-state index is -0.177. The first-order valence-electron chi connectivity index (χ1n) is 7.17. The van der Waals surface area contributed by atoms with E-state index in [1.807, 2.05) is 12.1 Å². The van der Waals surface area contributed by atoms with Crippen molar-refractivity contribution in [2.75, 3.05) is 6.61 Å². The first kappa shape index (κ1) is 14.4. The van der Waals surface area contributed by atoms with E-state index in [9.17, 15) is 5.11 Å². The summed E-state index contributed by atoms with van der Waals surface area (Å²) in [5.74, 6) is 0.939. The van der Waals surface area contributed by atoms with Gasteiger partial charge in [0.05, 0.1) is 12.7 Å². The van der Waals surface area contributed by atoms with E-state index >= 15 is 0 Å². The van der Waals surface area contributed by atoms with Crippen LogP contribution in [0, 0.1) is 5.41 Å². The minimum Gasteiger partial charge on any atom is -0.494 e. The highest BCUT2D eigenvalue weighted by Crippen LogP contribution is 2.40. The molecule has 3 heteroatoms. The Morgan fingerprint density at radius 3 is 2.84 bits per heavy atom.